The maximum Gasteiger partial charge on any atom is 0.272 e. The number of benzene rings is 1. The minimum absolute atomic E-state index is 0.0150. The average molecular weight is 367 g/mol. The third kappa shape index (κ3) is 2.70. The highest BCUT2D eigenvalue weighted by Crippen LogP contribution is 2.45. The molecular formula is C20H21N3O4. The zero-order valence-corrected chi connectivity index (χ0v) is 15.6. The number of rotatable bonds is 3. The number of nitrogens with one attached hydrogen (secondary N) is 1. The first-order valence-corrected chi connectivity index (χ1v) is 8.84. The highest BCUT2D eigenvalue weighted by Gasteiger charge is 2.38. The summed E-state index contributed by atoms with van der Waals surface area (Å²) in [4.78, 5) is 30.5. The van der Waals surface area contributed by atoms with Gasteiger partial charge in [0.15, 0.2) is 11.9 Å². The summed E-state index contributed by atoms with van der Waals surface area (Å²) in [6.07, 6.45) is 4.75. The van der Waals surface area contributed by atoms with Gasteiger partial charge in [0.25, 0.3) is 11.8 Å². The Labute approximate surface area is 157 Å². The van der Waals surface area contributed by atoms with Crippen molar-refractivity contribution >= 4 is 28.8 Å². The number of amides is 2. The molecule has 7 nitrogen and oxygen atoms in total. The van der Waals surface area contributed by atoms with Crippen molar-refractivity contribution in [2.75, 3.05) is 19.5 Å². The van der Waals surface area contributed by atoms with E-state index in [9.17, 15) is 9.59 Å². The molecule has 1 aromatic rings. The van der Waals surface area contributed by atoms with Gasteiger partial charge in [0, 0.05) is 31.1 Å². The lowest BCUT2D eigenvalue weighted by atomic mass is 9.86. The van der Waals surface area contributed by atoms with Crippen LogP contribution in [0.25, 0.3) is 5.57 Å². The minimum Gasteiger partial charge on any atom is -0.497 e. The highest BCUT2D eigenvalue weighted by atomic mass is 16.5. The van der Waals surface area contributed by atoms with Crippen molar-refractivity contribution in [3.05, 3.63) is 36.2 Å². The summed E-state index contributed by atoms with van der Waals surface area (Å²) in [5, 5.41) is 2.93. The molecule has 0 radical (unpaired) electrons. The minimum atomic E-state index is -0.583. The van der Waals surface area contributed by atoms with E-state index in [0.717, 1.165) is 11.1 Å². The number of nitrogens with zero attached hydrogens (tertiary/aromatic N) is 2. The summed E-state index contributed by atoms with van der Waals surface area (Å²) in [5.41, 5.74) is 2.69. The predicted octanol–water partition coefficient (Wildman–Crippen LogP) is 2.45. The molecule has 2 atom stereocenters. The first kappa shape index (κ1) is 17.3. The summed E-state index contributed by atoms with van der Waals surface area (Å²) in [6, 6.07) is 3.61. The standard InChI is InChI=1S/C20H21N3O4/c1-10(2)17-19(24)22-15-8-11(26-4)7-13(18(15)27-17)14-9-23(3)20(25)16-12(14)5-6-21-16/h5-10,12,17H,1-4H3,(H,22,24)/t12?,17-/m1/s1. The number of carbonyl (C=O) groups is 2. The molecular weight excluding hydrogens is 346 g/mol. The zero-order valence-electron chi connectivity index (χ0n) is 15.6. The molecule has 3 heterocycles. The van der Waals surface area contributed by atoms with Crippen molar-refractivity contribution in [3.63, 3.8) is 0 Å². The van der Waals surface area contributed by atoms with E-state index in [1.54, 1.807) is 32.6 Å². The predicted molar refractivity (Wildman–Crippen MR) is 102 cm³/mol. The molecule has 0 fully saturated rings. The molecule has 3 aliphatic rings. The highest BCUT2D eigenvalue weighted by molar-refractivity contribution is 6.44. The number of hydrogen-bond donors (Lipinski definition) is 1. The van der Waals surface area contributed by atoms with Crippen LogP contribution < -0.4 is 14.8 Å². The Kier molecular flexibility index (Phi) is 4.02. The lowest BCUT2D eigenvalue weighted by Crippen LogP contribution is -2.41. The molecule has 3 aliphatic heterocycles. The van der Waals surface area contributed by atoms with E-state index in [1.807, 2.05) is 26.0 Å². The van der Waals surface area contributed by atoms with Crippen molar-refractivity contribution in [3.8, 4) is 11.5 Å². The summed E-state index contributed by atoms with van der Waals surface area (Å²) in [6.45, 7) is 3.88. The molecule has 0 saturated carbocycles. The van der Waals surface area contributed by atoms with Crippen LogP contribution in [0.2, 0.25) is 0 Å². The van der Waals surface area contributed by atoms with E-state index in [1.165, 1.54) is 4.90 Å². The Morgan fingerprint density at radius 3 is 2.78 bits per heavy atom. The third-order valence-corrected chi connectivity index (χ3v) is 4.97. The zero-order chi connectivity index (χ0) is 19.3. The number of hydrogen-bond acceptors (Lipinski definition) is 5. The Balaban J connectivity index is 1.88. The average Bonchev–Trinajstić information content (AvgIpc) is 3.13. The second-order valence-corrected chi connectivity index (χ2v) is 7.16. The molecule has 7 heteroatoms. The van der Waals surface area contributed by atoms with E-state index in [4.69, 9.17) is 9.47 Å². The first-order chi connectivity index (χ1) is 12.9. The van der Waals surface area contributed by atoms with Gasteiger partial charge >= 0.3 is 0 Å². The van der Waals surface area contributed by atoms with Crippen LogP contribution >= 0.6 is 0 Å². The maximum absolute atomic E-state index is 12.4. The molecule has 4 rings (SSSR count). The summed E-state index contributed by atoms with van der Waals surface area (Å²) in [5.74, 6) is 0.647. The SMILES string of the molecule is COc1cc2c(c(C3=CN(C)C(=O)C4=NC=CC34)c1)O[C@H](C(C)C)C(=O)N2. The van der Waals surface area contributed by atoms with Crippen molar-refractivity contribution in [1.29, 1.82) is 0 Å². The van der Waals surface area contributed by atoms with E-state index in [2.05, 4.69) is 10.3 Å². The molecule has 1 N–H and O–H groups in total. The van der Waals surface area contributed by atoms with Gasteiger partial charge in [-0.3, -0.25) is 14.6 Å². The molecule has 27 heavy (non-hydrogen) atoms. The molecule has 0 spiro atoms. The van der Waals surface area contributed by atoms with Gasteiger partial charge in [0.1, 0.15) is 11.5 Å². The first-order valence-electron chi connectivity index (χ1n) is 8.84. The van der Waals surface area contributed by atoms with Gasteiger partial charge in [-0.25, -0.2) is 0 Å². The van der Waals surface area contributed by atoms with Crippen LogP contribution in [-0.4, -0.2) is 42.7 Å². The fourth-order valence-corrected chi connectivity index (χ4v) is 3.56. The molecule has 0 aromatic heterocycles. The van der Waals surface area contributed by atoms with E-state index in [0.29, 0.717) is 22.9 Å². The van der Waals surface area contributed by atoms with Crippen molar-refractivity contribution in [2.24, 2.45) is 16.8 Å². The molecule has 1 unspecified atom stereocenters. The Morgan fingerprint density at radius 1 is 1.30 bits per heavy atom. The number of allylic oxidation sites excluding steroid dienone is 2. The summed E-state index contributed by atoms with van der Waals surface area (Å²) < 4.78 is 11.5. The molecule has 140 valence electrons. The van der Waals surface area contributed by atoms with Crippen LogP contribution in [0.3, 0.4) is 0 Å². The number of aliphatic imine (C=N–C) groups is 1. The third-order valence-electron chi connectivity index (χ3n) is 4.97. The van der Waals surface area contributed by atoms with E-state index in [-0.39, 0.29) is 23.7 Å². The second kappa shape index (κ2) is 6.26. The Hall–Kier alpha value is -3.09. The van der Waals surface area contributed by atoms with Crippen LogP contribution in [0.1, 0.15) is 19.4 Å². The van der Waals surface area contributed by atoms with E-state index < -0.39 is 6.10 Å². The largest absolute Gasteiger partial charge is 0.497 e. The molecule has 0 bridgehead atoms. The number of fused-ring (bicyclic) bond motifs is 2. The molecule has 0 aliphatic carbocycles. The van der Waals surface area contributed by atoms with E-state index >= 15 is 0 Å². The quantitative estimate of drug-likeness (QED) is 0.890. The molecule has 0 saturated heterocycles. The summed E-state index contributed by atoms with van der Waals surface area (Å²) in [7, 11) is 3.27. The van der Waals surface area contributed by atoms with Gasteiger partial charge in [-0.1, -0.05) is 19.9 Å². The lowest BCUT2D eigenvalue weighted by Gasteiger charge is -2.33. The van der Waals surface area contributed by atoms with Crippen molar-refractivity contribution in [2.45, 2.75) is 20.0 Å². The van der Waals surface area contributed by atoms with Crippen LogP contribution in [0.15, 0.2) is 35.6 Å². The number of anilines is 1. The summed E-state index contributed by atoms with van der Waals surface area (Å²) >= 11 is 0. The van der Waals surface area contributed by atoms with Crippen LogP contribution in [0, 0.1) is 11.8 Å². The number of carbonyl (C=O) groups excluding carboxylic acids is 2. The topological polar surface area (TPSA) is 80.2 Å². The van der Waals surface area contributed by atoms with Gasteiger partial charge in [0.2, 0.25) is 0 Å². The van der Waals surface area contributed by atoms with Crippen LogP contribution in [-0.2, 0) is 9.59 Å². The van der Waals surface area contributed by atoms with Crippen LogP contribution in [0.5, 0.6) is 11.5 Å². The van der Waals surface area contributed by atoms with Crippen LogP contribution in [0.4, 0.5) is 5.69 Å². The van der Waals surface area contributed by atoms with Gasteiger partial charge < -0.3 is 19.7 Å². The Morgan fingerprint density at radius 2 is 2.07 bits per heavy atom. The van der Waals surface area contributed by atoms with Gasteiger partial charge in [-0.05, 0) is 17.6 Å². The fraction of sp³-hybridized carbons (Fsp3) is 0.350. The van der Waals surface area contributed by atoms with Gasteiger partial charge in [-0.2, -0.15) is 0 Å². The molecule has 1 aromatic carbocycles. The fourth-order valence-electron chi connectivity index (χ4n) is 3.56. The smallest absolute Gasteiger partial charge is 0.272 e. The lowest BCUT2D eigenvalue weighted by molar-refractivity contribution is -0.125. The number of ether oxygens (including phenoxy) is 2. The Bertz CT molecular complexity index is 929. The van der Waals surface area contributed by atoms with Gasteiger partial charge in [-0.15, -0.1) is 0 Å². The molecule has 2 amide bonds. The van der Waals surface area contributed by atoms with Crippen molar-refractivity contribution in [1.82, 2.24) is 4.90 Å². The van der Waals surface area contributed by atoms with Crippen molar-refractivity contribution < 1.29 is 19.1 Å². The number of methoxy groups -OCH3 is 1. The van der Waals surface area contributed by atoms with Gasteiger partial charge in [0.05, 0.1) is 18.7 Å². The monoisotopic (exact) mass is 367 g/mol. The second-order valence-electron chi connectivity index (χ2n) is 7.16. The normalized spacial score (nSPS) is 23.4. The maximum atomic E-state index is 12.4.